The van der Waals surface area contributed by atoms with Gasteiger partial charge in [0, 0.05) is 0 Å². The maximum absolute atomic E-state index is 9.28. The zero-order valence-electron chi connectivity index (χ0n) is 9.59. The molecular formula is C14H14N2O. The van der Waals surface area contributed by atoms with Gasteiger partial charge in [0.05, 0.1) is 11.9 Å². The summed E-state index contributed by atoms with van der Waals surface area (Å²) < 4.78 is 0. The van der Waals surface area contributed by atoms with Crippen LogP contribution < -0.4 is 5.43 Å². The molecule has 86 valence electrons. The second-order valence-corrected chi connectivity index (χ2v) is 3.83. The molecule has 0 saturated carbocycles. The Morgan fingerprint density at radius 1 is 1.12 bits per heavy atom. The first-order chi connectivity index (χ1) is 8.24. The number of nitrogens with one attached hydrogen (secondary N) is 1. The summed E-state index contributed by atoms with van der Waals surface area (Å²) in [6.07, 6.45) is 1.67. The van der Waals surface area contributed by atoms with E-state index in [4.69, 9.17) is 0 Å². The van der Waals surface area contributed by atoms with E-state index in [0.29, 0.717) is 0 Å². The number of phenols is 1. The van der Waals surface area contributed by atoms with E-state index < -0.39 is 0 Å². The molecule has 0 aliphatic heterocycles. The summed E-state index contributed by atoms with van der Waals surface area (Å²) in [5.74, 6) is 0.240. The summed E-state index contributed by atoms with van der Waals surface area (Å²) in [7, 11) is 0. The number of phenolic OH excluding ortho intramolecular Hbond substituents is 1. The molecule has 2 aromatic rings. The quantitative estimate of drug-likeness (QED) is 0.623. The Labute approximate surface area is 100 Å². The van der Waals surface area contributed by atoms with Crippen molar-refractivity contribution in [2.45, 2.75) is 6.92 Å². The highest BCUT2D eigenvalue weighted by Gasteiger charge is 1.90. The second kappa shape index (κ2) is 5.16. The minimum Gasteiger partial charge on any atom is -0.508 e. The smallest absolute Gasteiger partial charge is 0.116 e. The average molecular weight is 226 g/mol. The van der Waals surface area contributed by atoms with E-state index in [-0.39, 0.29) is 5.75 Å². The first-order valence-corrected chi connectivity index (χ1v) is 5.39. The van der Waals surface area contributed by atoms with Gasteiger partial charge < -0.3 is 5.11 Å². The van der Waals surface area contributed by atoms with Crippen molar-refractivity contribution in [2.75, 3.05) is 5.43 Å². The lowest BCUT2D eigenvalue weighted by Crippen LogP contribution is -1.90. The number of hydrazone groups is 1. The molecule has 0 aromatic heterocycles. The van der Waals surface area contributed by atoms with Crippen molar-refractivity contribution in [3.63, 3.8) is 0 Å². The summed E-state index contributed by atoms with van der Waals surface area (Å²) in [6.45, 7) is 2.04. The molecule has 0 aliphatic rings. The van der Waals surface area contributed by atoms with Gasteiger partial charge in [0.15, 0.2) is 0 Å². The summed E-state index contributed by atoms with van der Waals surface area (Å²) in [5, 5.41) is 13.4. The van der Waals surface area contributed by atoms with Crippen LogP contribution in [0.3, 0.4) is 0 Å². The van der Waals surface area contributed by atoms with E-state index in [1.165, 1.54) is 5.56 Å². The van der Waals surface area contributed by atoms with Crippen LogP contribution in [-0.2, 0) is 0 Å². The summed E-state index contributed by atoms with van der Waals surface area (Å²) in [4.78, 5) is 0. The Balaban J connectivity index is 2.00. The number of aryl methyl sites for hydroxylation is 1. The number of nitrogens with zero attached hydrogens (tertiary/aromatic N) is 1. The van der Waals surface area contributed by atoms with Crippen molar-refractivity contribution >= 4 is 11.9 Å². The largest absolute Gasteiger partial charge is 0.508 e. The second-order valence-electron chi connectivity index (χ2n) is 3.83. The number of anilines is 1. The van der Waals surface area contributed by atoms with Crippen LogP contribution in [0.5, 0.6) is 5.75 Å². The third kappa shape index (κ3) is 3.34. The predicted octanol–water partition coefficient (Wildman–Crippen LogP) is 3.15. The Bertz CT molecular complexity index is 518. The van der Waals surface area contributed by atoms with Crippen molar-refractivity contribution in [1.82, 2.24) is 0 Å². The molecule has 0 radical (unpaired) electrons. The molecule has 2 N–H and O–H groups in total. The van der Waals surface area contributed by atoms with Crippen molar-refractivity contribution in [2.24, 2.45) is 5.10 Å². The third-order valence-corrected chi connectivity index (χ3v) is 2.33. The Kier molecular flexibility index (Phi) is 3.40. The monoisotopic (exact) mass is 226 g/mol. The molecule has 0 aliphatic carbocycles. The number of rotatable bonds is 3. The van der Waals surface area contributed by atoms with Crippen LogP contribution in [0.25, 0.3) is 0 Å². The average Bonchev–Trinajstić information content (AvgIpc) is 2.32. The van der Waals surface area contributed by atoms with Crippen LogP contribution in [0.4, 0.5) is 5.69 Å². The van der Waals surface area contributed by atoms with Crippen LogP contribution in [0, 0.1) is 6.92 Å². The van der Waals surface area contributed by atoms with Crippen molar-refractivity contribution in [3.8, 4) is 5.75 Å². The third-order valence-electron chi connectivity index (χ3n) is 2.33. The molecule has 0 heterocycles. The first kappa shape index (κ1) is 11.2. The molecule has 2 rings (SSSR count). The number of hydrogen-bond donors (Lipinski definition) is 2. The minimum atomic E-state index is 0.240. The fourth-order valence-electron chi connectivity index (χ4n) is 1.41. The molecule has 17 heavy (non-hydrogen) atoms. The van der Waals surface area contributed by atoms with E-state index in [1.54, 1.807) is 24.4 Å². The Morgan fingerprint density at radius 2 is 1.88 bits per heavy atom. The van der Waals surface area contributed by atoms with Crippen LogP contribution in [0.1, 0.15) is 11.1 Å². The van der Waals surface area contributed by atoms with E-state index in [0.717, 1.165) is 11.3 Å². The molecular weight excluding hydrogens is 212 g/mol. The zero-order valence-corrected chi connectivity index (χ0v) is 9.59. The normalized spacial score (nSPS) is 10.6. The molecule has 0 amide bonds. The zero-order chi connectivity index (χ0) is 12.1. The van der Waals surface area contributed by atoms with Crippen LogP contribution in [-0.4, -0.2) is 11.3 Å². The summed E-state index contributed by atoms with van der Waals surface area (Å²) >= 11 is 0. The number of hydrogen-bond acceptors (Lipinski definition) is 3. The topological polar surface area (TPSA) is 44.6 Å². The SMILES string of the molecule is Cc1ccc(NN=Cc2cccc(O)c2)cc1. The molecule has 0 spiro atoms. The first-order valence-electron chi connectivity index (χ1n) is 5.39. The number of benzene rings is 2. The van der Waals surface area contributed by atoms with E-state index in [1.807, 2.05) is 37.3 Å². The number of aromatic hydroxyl groups is 1. The predicted molar refractivity (Wildman–Crippen MR) is 70.5 cm³/mol. The highest BCUT2D eigenvalue weighted by molar-refractivity contribution is 5.80. The van der Waals surface area contributed by atoms with Gasteiger partial charge in [-0.3, -0.25) is 5.43 Å². The van der Waals surface area contributed by atoms with E-state index >= 15 is 0 Å². The molecule has 0 fully saturated rings. The maximum Gasteiger partial charge on any atom is 0.116 e. The standard InChI is InChI=1S/C14H14N2O/c1-11-5-7-13(8-6-11)16-15-10-12-3-2-4-14(17)9-12/h2-10,16-17H,1H3. The maximum atomic E-state index is 9.28. The molecule has 0 bridgehead atoms. The van der Waals surface area contributed by atoms with Gasteiger partial charge in [0.2, 0.25) is 0 Å². The van der Waals surface area contributed by atoms with Gasteiger partial charge in [-0.1, -0.05) is 29.8 Å². The van der Waals surface area contributed by atoms with Gasteiger partial charge in [-0.05, 0) is 36.8 Å². The van der Waals surface area contributed by atoms with Crippen LogP contribution in [0.2, 0.25) is 0 Å². The van der Waals surface area contributed by atoms with Gasteiger partial charge in [0.25, 0.3) is 0 Å². The van der Waals surface area contributed by atoms with E-state index in [9.17, 15) is 5.11 Å². The molecule has 3 nitrogen and oxygen atoms in total. The van der Waals surface area contributed by atoms with Gasteiger partial charge >= 0.3 is 0 Å². The fourth-order valence-corrected chi connectivity index (χ4v) is 1.41. The van der Waals surface area contributed by atoms with Crippen LogP contribution in [0.15, 0.2) is 53.6 Å². The summed E-state index contributed by atoms with van der Waals surface area (Å²) in [5.41, 5.74) is 5.93. The lowest BCUT2D eigenvalue weighted by molar-refractivity contribution is 0.475. The van der Waals surface area contributed by atoms with Crippen LogP contribution >= 0.6 is 0 Å². The molecule has 2 aromatic carbocycles. The Hall–Kier alpha value is -2.29. The van der Waals surface area contributed by atoms with Gasteiger partial charge in [-0.15, -0.1) is 0 Å². The fraction of sp³-hybridized carbons (Fsp3) is 0.0714. The highest BCUT2D eigenvalue weighted by Crippen LogP contribution is 2.10. The lowest BCUT2D eigenvalue weighted by Gasteiger charge is -2.00. The molecule has 0 saturated heterocycles. The van der Waals surface area contributed by atoms with Crippen molar-refractivity contribution in [1.29, 1.82) is 0 Å². The molecule has 3 heteroatoms. The van der Waals surface area contributed by atoms with Crippen molar-refractivity contribution < 1.29 is 5.11 Å². The summed E-state index contributed by atoms with van der Waals surface area (Å²) in [6, 6.07) is 14.9. The lowest BCUT2D eigenvalue weighted by atomic mass is 10.2. The van der Waals surface area contributed by atoms with Gasteiger partial charge in [-0.2, -0.15) is 5.10 Å². The molecule has 0 unspecified atom stereocenters. The minimum absolute atomic E-state index is 0.240. The molecule has 0 atom stereocenters. The van der Waals surface area contributed by atoms with Gasteiger partial charge in [0.1, 0.15) is 5.75 Å². The van der Waals surface area contributed by atoms with Gasteiger partial charge in [-0.25, -0.2) is 0 Å². The highest BCUT2D eigenvalue weighted by atomic mass is 16.3. The van der Waals surface area contributed by atoms with E-state index in [2.05, 4.69) is 10.5 Å². The van der Waals surface area contributed by atoms with Crippen molar-refractivity contribution in [3.05, 3.63) is 59.7 Å². The Morgan fingerprint density at radius 3 is 2.59 bits per heavy atom.